The molecule has 1 fully saturated rings. The Kier molecular flexibility index (Phi) is 4.75. The quantitative estimate of drug-likeness (QED) is 0.919. The van der Waals surface area contributed by atoms with Crippen LogP contribution < -0.4 is 10.2 Å². The van der Waals surface area contributed by atoms with Gasteiger partial charge in [0.1, 0.15) is 11.6 Å². The van der Waals surface area contributed by atoms with Gasteiger partial charge in [0.2, 0.25) is 11.9 Å². The predicted molar refractivity (Wildman–Crippen MR) is 86.8 cm³/mol. The van der Waals surface area contributed by atoms with E-state index in [-0.39, 0.29) is 18.1 Å². The minimum absolute atomic E-state index is 0.00644. The molecule has 0 unspecified atom stereocenters. The van der Waals surface area contributed by atoms with E-state index in [0.717, 1.165) is 31.2 Å². The van der Waals surface area contributed by atoms with Gasteiger partial charge in [-0.2, -0.15) is 0 Å². The summed E-state index contributed by atoms with van der Waals surface area (Å²) in [5.41, 5.74) is -0.00644. The van der Waals surface area contributed by atoms with Gasteiger partial charge in [0.25, 0.3) is 0 Å². The Hall–Kier alpha value is -2.48. The van der Waals surface area contributed by atoms with Crippen molar-refractivity contribution < 1.29 is 13.6 Å². The fourth-order valence-corrected chi connectivity index (χ4v) is 2.75. The number of amides is 1. The van der Waals surface area contributed by atoms with Gasteiger partial charge in [-0.3, -0.25) is 9.69 Å². The number of aryl methyl sites for hydroxylation is 1. The summed E-state index contributed by atoms with van der Waals surface area (Å²) in [6.07, 6.45) is 3.65. The van der Waals surface area contributed by atoms with Crippen molar-refractivity contribution in [3.63, 3.8) is 0 Å². The van der Waals surface area contributed by atoms with Crippen molar-refractivity contribution in [2.45, 2.75) is 0 Å². The van der Waals surface area contributed by atoms with Crippen molar-refractivity contribution in [1.82, 2.24) is 14.5 Å². The van der Waals surface area contributed by atoms with Crippen LogP contribution in [-0.4, -0.2) is 53.1 Å². The molecule has 1 saturated heterocycles. The number of carbonyl (C=O) groups is 1. The van der Waals surface area contributed by atoms with E-state index in [0.29, 0.717) is 13.1 Å². The second-order valence-corrected chi connectivity index (χ2v) is 5.77. The fourth-order valence-electron chi connectivity index (χ4n) is 2.75. The largest absolute Gasteiger partial charge is 0.340 e. The van der Waals surface area contributed by atoms with Crippen LogP contribution in [0.5, 0.6) is 0 Å². The number of piperazine rings is 1. The first kappa shape index (κ1) is 16.4. The van der Waals surface area contributed by atoms with E-state index >= 15 is 0 Å². The molecule has 1 aliphatic rings. The molecule has 1 amide bonds. The van der Waals surface area contributed by atoms with E-state index in [4.69, 9.17) is 0 Å². The summed E-state index contributed by atoms with van der Waals surface area (Å²) in [6, 6.07) is 3.09. The van der Waals surface area contributed by atoms with Gasteiger partial charge in [0, 0.05) is 51.7 Å². The Bertz CT molecular complexity index is 725. The van der Waals surface area contributed by atoms with Gasteiger partial charge in [-0.1, -0.05) is 0 Å². The van der Waals surface area contributed by atoms with Crippen LogP contribution in [0.4, 0.5) is 20.4 Å². The zero-order valence-electron chi connectivity index (χ0n) is 13.4. The molecule has 1 aromatic carbocycles. The molecule has 24 heavy (non-hydrogen) atoms. The molecule has 1 N–H and O–H groups in total. The molecule has 2 heterocycles. The number of aromatic nitrogens is 2. The lowest BCUT2D eigenvalue weighted by atomic mass is 10.3. The van der Waals surface area contributed by atoms with Crippen LogP contribution in [0.1, 0.15) is 0 Å². The maximum absolute atomic E-state index is 13.6. The van der Waals surface area contributed by atoms with E-state index in [1.807, 2.05) is 22.7 Å². The molecule has 1 aromatic heterocycles. The van der Waals surface area contributed by atoms with Gasteiger partial charge in [-0.15, -0.1) is 0 Å². The molecular weight excluding hydrogens is 316 g/mol. The van der Waals surface area contributed by atoms with Crippen LogP contribution in [0.15, 0.2) is 30.6 Å². The summed E-state index contributed by atoms with van der Waals surface area (Å²) in [7, 11) is 1.94. The van der Waals surface area contributed by atoms with Crippen molar-refractivity contribution in [3.8, 4) is 0 Å². The highest BCUT2D eigenvalue weighted by Gasteiger charge is 2.21. The third kappa shape index (κ3) is 3.70. The van der Waals surface area contributed by atoms with Gasteiger partial charge < -0.3 is 14.8 Å². The summed E-state index contributed by atoms with van der Waals surface area (Å²) in [6.45, 7) is 3.13. The number of imidazole rings is 1. The van der Waals surface area contributed by atoms with Crippen LogP contribution in [0.25, 0.3) is 0 Å². The van der Waals surface area contributed by atoms with Gasteiger partial charge in [0.15, 0.2) is 0 Å². The lowest BCUT2D eigenvalue weighted by molar-refractivity contribution is -0.117. The molecule has 0 aliphatic carbocycles. The summed E-state index contributed by atoms with van der Waals surface area (Å²) >= 11 is 0. The number of nitrogens with one attached hydrogen (secondary N) is 1. The van der Waals surface area contributed by atoms with E-state index in [1.165, 1.54) is 6.07 Å². The van der Waals surface area contributed by atoms with Crippen molar-refractivity contribution in [1.29, 1.82) is 0 Å². The Labute approximate surface area is 138 Å². The highest BCUT2D eigenvalue weighted by atomic mass is 19.1. The summed E-state index contributed by atoms with van der Waals surface area (Å²) in [4.78, 5) is 20.5. The first-order valence-corrected chi connectivity index (χ1v) is 7.72. The van der Waals surface area contributed by atoms with E-state index in [2.05, 4.69) is 15.2 Å². The second kappa shape index (κ2) is 6.96. The second-order valence-electron chi connectivity index (χ2n) is 5.77. The number of benzene rings is 1. The highest BCUT2D eigenvalue weighted by Crippen LogP contribution is 2.16. The monoisotopic (exact) mass is 335 g/mol. The van der Waals surface area contributed by atoms with Crippen molar-refractivity contribution >= 4 is 17.5 Å². The van der Waals surface area contributed by atoms with Gasteiger partial charge in [-0.05, 0) is 12.1 Å². The lowest BCUT2D eigenvalue weighted by Gasteiger charge is -2.34. The van der Waals surface area contributed by atoms with Gasteiger partial charge in [0.05, 0.1) is 12.2 Å². The number of carbonyl (C=O) groups excluding carboxylic acids is 1. The zero-order valence-corrected chi connectivity index (χ0v) is 13.4. The Morgan fingerprint density at radius 2 is 2.00 bits per heavy atom. The molecule has 1 aliphatic heterocycles. The minimum atomic E-state index is -0.775. The number of hydrogen-bond acceptors (Lipinski definition) is 4. The van der Waals surface area contributed by atoms with Crippen LogP contribution in [-0.2, 0) is 11.8 Å². The number of halogens is 2. The minimum Gasteiger partial charge on any atom is -0.340 e. The van der Waals surface area contributed by atoms with E-state index in [9.17, 15) is 13.6 Å². The van der Waals surface area contributed by atoms with Crippen molar-refractivity contribution in [3.05, 3.63) is 42.2 Å². The predicted octanol–water partition coefficient (Wildman–Crippen LogP) is 1.46. The molecule has 8 heteroatoms. The van der Waals surface area contributed by atoms with E-state index < -0.39 is 11.6 Å². The molecule has 2 aromatic rings. The van der Waals surface area contributed by atoms with Gasteiger partial charge in [-0.25, -0.2) is 13.8 Å². The summed E-state index contributed by atoms with van der Waals surface area (Å²) in [5.74, 6) is -0.850. The fraction of sp³-hybridized carbons (Fsp3) is 0.375. The van der Waals surface area contributed by atoms with Gasteiger partial charge >= 0.3 is 0 Å². The Morgan fingerprint density at radius 1 is 1.25 bits per heavy atom. The number of anilines is 2. The number of nitrogens with zero attached hydrogens (tertiary/aromatic N) is 4. The Balaban J connectivity index is 1.50. The Morgan fingerprint density at radius 3 is 2.62 bits per heavy atom. The average molecular weight is 335 g/mol. The number of rotatable bonds is 4. The first-order chi connectivity index (χ1) is 11.5. The highest BCUT2D eigenvalue weighted by molar-refractivity contribution is 5.92. The average Bonchev–Trinajstić information content (AvgIpc) is 2.97. The number of hydrogen-bond donors (Lipinski definition) is 1. The molecule has 0 spiro atoms. The van der Waals surface area contributed by atoms with E-state index in [1.54, 1.807) is 6.20 Å². The van der Waals surface area contributed by atoms with Crippen LogP contribution >= 0.6 is 0 Å². The molecule has 0 atom stereocenters. The normalized spacial score (nSPS) is 15.5. The van der Waals surface area contributed by atoms with Crippen LogP contribution in [0, 0.1) is 11.6 Å². The SMILES string of the molecule is Cn1ccnc1N1CCN(CC(=O)Nc2ccc(F)cc2F)CC1. The van der Waals surface area contributed by atoms with Crippen LogP contribution in [0.3, 0.4) is 0 Å². The third-order valence-electron chi connectivity index (χ3n) is 4.02. The summed E-state index contributed by atoms with van der Waals surface area (Å²) in [5, 5.41) is 2.48. The molecule has 3 rings (SSSR count). The molecule has 0 radical (unpaired) electrons. The smallest absolute Gasteiger partial charge is 0.238 e. The summed E-state index contributed by atoms with van der Waals surface area (Å²) < 4.78 is 28.4. The molecular formula is C16H19F2N5O. The van der Waals surface area contributed by atoms with Crippen molar-refractivity contribution in [2.75, 3.05) is 42.9 Å². The maximum Gasteiger partial charge on any atom is 0.238 e. The zero-order chi connectivity index (χ0) is 17.1. The maximum atomic E-state index is 13.6. The first-order valence-electron chi connectivity index (χ1n) is 7.72. The lowest BCUT2D eigenvalue weighted by Crippen LogP contribution is -2.49. The molecule has 128 valence electrons. The van der Waals surface area contributed by atoms with Crippen molar-refractivity contribution in [2.24, 2.45) is 7.05 Å². The molecule has 0 bridgehead atoms. The topological polar surface area (TPSA) is 53.4 Å². The molecule has 0 saturated carbocycles. The van der Waals surface area contributed by atoms with Crippen LogP contribution in [0.2, 0.25) is 0 Å². The molecule has 6 nitrogen and oxygen atoms in total. The standard InChI is InChI=1S/C16H19F2N5O/c1-21-5-4-19-16(21)23-8-6-22(7-9-23)11-15(24)20-14-3-2-12(17)10-13(14)18/h2-5,10H,6-9,11H2,1H3,(H,20,24). The third-order valence-corrected chi connectivity index (χ3v) is 4.02.